The lowest BCUT2D eigenvalue weighted by atomic mass is 10.0. The largest absolute Gasteiger partial charge is 0.505 e. The molecule has 3 aromatic carbocycles. The first kappa shape index (κ1) is 25.9. The molecule has 0 saturated heterocycles. The van der Waals surface area contributed by atoms with Gasteiger partial charge in [0.1, 0.15) is 17.1 Å². The van der Waals surface area contributed by atoms with E-state index in [1.807, 2.05) is 38.1 Å². The number of carbonyl (C=O) groups excluding carboxylic acids is 1. The summed E-state index contributed by atoms with van der Waals surface area (Å²) in [5, 5.41) is 23.0. The Kier molecular flexibility index (Phi) is 8.79. The molecule has 0 saturated carbocycles. The van der Waals surface area contributed by atoms with Crippen LogP contribution in [0.3, 0.4) is 0 Å². The van der Waals surface area contributed by atoms with Gasteiger partial charge >= 0.3 is 0 Å². The summed E-state index contributed by atoms with van der Waals surface area (Å²) in [4.78, 5) is 38.2. The Morgan fingerprint density at radius 1 is 1.09 bits per heavy atom. The molecule has 9 nitrogen and oxygen atoms in total. The Labute approximate surface area is 197 Å². The molecule has 0 aliphatic carbocycles. The summed E-state index contributed by atoms with van der Waals surface area (Å²) in [7, 11) is 3.15. The monoisotopic (exact) mass is 464 g/mol. The third-order valence-electron chi connectivity index (χ3n) is 5.14. The standard InChI is InChI=1S/C24H27N3O5.CHN/c1-5-17(14-9-7-10-15(13-14)32-6-2)25-19-20(23(30)22(19)29)26-18-12-8-11-16(21(18)28)24(31)27(3)4;1-2/h7-13,17,25-26,28H,5-6H2,1-4H3;1H. The Morgan fingerprint density at radius 3 is 2.35 bits per heavy atom. The van der Waals surface area contributed by atoms with E-state index < -0.39 is 10.9 Å². The molecule has 0 radical (unpaired) electrons. The minimum absolute atomic E-state index is 0.0548. The van der Waals surface area contributed by atoms with E-state index in [9.17, 15) is 19.5 Å². The summed E-state index contributed by atoms with van der Waals surface area (Å²) in [5.41, 5.74) is 0.0538. The Hall–Kier alpha value is -4.32. The van der Waals surface area contributed by atoms with Crippen molar-refractivity contribution in [1.29, 1.82) is 5.26 Å². The number of hydrogen-bond acceptors (Lipinski definition) is 8. The Balaban J connectivity index is 0.00000199. The highest BCUT2D eigenvalue weighted by molar-refractivity contribution is 5.99. The summed E-state index contributed by atoms with van der Waals surface area (Å²) in [6.45, 7) is 7.91. The number of phenols is 1. The molecule has 0 aliphatic heterocycles. The number of rotatable bonds is 9. The van der Waals surface area contributed by atoms with Gasteiger partial charge in [0.15, 0.2) is 5.75 Å². The van der Waals surface area contributed by atoms with Gasteiger partial charge in [0, 0.05) is 20.7 Å². The Bertz CT molecular complexity index is 1240. The van der Waals surface area contributed by atoms with Gasteiger partial charge in [0.05, 0.1) is 23.9 Å². The molecule has 1 atom stereocenters. The number of benzene rings is 2. The van der Waals surface area contributed by atoms with Crippen molar-refractivity contribution in [2.24, 2.45) is 0 Å². The number of para-hydroxylation sites is 1. The second-order valence-electron chi connectivity index (χ2n) is 7.55. The average Bonchev–Trinajstić information content (AvgIpc) is 2.85. The molecular formula is C25H28N4O5. The first-order valence-corrected chi connectivity index (χ1v) is 10.7. The number of nitriles is 1. The fourth-order valence-corrected chi connectivity index (χ4v) is 3.42. The predicted octanol–water partition coefficient (Wildman–Crippen LogP) is 3.54. The number of nitrogens with one attached hydrogen (secondary N) is 2. The highest BCUT2D eigenvalue weighted by Crippen LogP contribution is 2.33. The van der Waals surface area contributed by atoms with Gasteiger partial charge in [-0.2, -0.15) is 0 Å². The second-order valence-corrected chi connectivity index (χ2v) is 7.55. The van der Waals surface area contributed by atoms with Gasteiger partial charge < -0.3 is 25.4 Å². The van der Waals surface area contributed by atoms with Crippen LogP contribution in [-0.4, -0.2) is 36.6 Å². The van der Waals surface area contributed by atoms with Gasteiger partial charge in [0.25, 0.3) is 16.8 Å². The fourth-order valence-electron chi connectivity index (χ4n) is 3.42. The maximum absolute atomic E-state index is 12.3. The third-order valence-corrected chi connectivity index (χ3v) is 5.14. The highest BCUT2D eigenvalue weighted by atomic mass is 16.5. The van der Waals surface area contributed by atoms with E-state index in [0.717, 1.165) is 11.3 Å². The molecule has 1 unspecified atom stereocenters. The minimum Gasteiger partial charge on any atom is -0.505 e. The van der Waals surface area contributed by atoms with E-state index in [-0.39, 0.29) is 40.3 Å². The first-order valence-electron chi connectivity index (χ1n) is 10.7. The van der Waals surface area contributed by atoms with Gasteiger partial charge in [-0.15, -0.1) is 0 Å². The Morgan fingerprint density at radius 2 is 1.74 bits per heavy atom. The van der Waals surface area contributed by atoms with Crippen molar-refractivity contribution in [3.8, 4) is 18.1 Å². The van der Waals surface area contributed by atoms with E-state index in [4.69, 9.17) is 10.00 Å². The van der Waals surface area contributed by atoms with Crippen LogP contribution in [0, 0.1) is 11.8 Å². The molecule has 0 bridgehead atoms. The molecule has 34 heavy (non-hydrogen) atoms. The van der Waals surface area contributed by atoms with Crippen LogP contribution < -0.4 is 26.2 Å². The van der Waals surface area contributed by atoms with Crippen molar-refractivity contribution in [2.45, 2.75) is 26.3 Å². The lowest BCUT2D eigenvalue weighted by molar-refractivity contribution is 0.0824. The number of amides is 1. The SMILES string of the molecule is C#N.CCOc1cccc(C(CC)Nc2c(Nc3cccc(C(=O)N(C)C)c3O)c(=O)c2=O)c1. The predicted molar refractivity (Wildman–Crippen MR) is 132 cm³/mol. The third kappa shape index (κ3) is 5.35. The minimum atomic E-state index is -0.686. The van der Waals surface area contributed by atoms with Crippen LogP contribution in [0.15, 0.2) is 52.1 Å². The molecule has 0 spiro atoms. The highest BCUT2D eigenvalue weighted by Gasteiger charge is 2.25. The number of anilines is 3. The molecule has 1 amide bonds. The summed E-state index contributed by atoms with van der Waals surface area (Å²) in [5.74, 6) is 0.0530. The van der Waals surface area contributed by atoms with Crippen LogP contribution in [0.2, 0.25) is 0 Å². The lowest BCUT2D eigenvalue weighted by Gasteiger charge is -2.23. The van der Waals surface area contributed by atoms with Crippen molar-refractivity contribution >= 4 is 23.0 Å². The summed E-state index contributed by atoms with van der Waals surface area (Å²) < 4.78 is 5.55. The van der Waals surface area contributed by atoms with Crippen molar-refractivity contribution in [2.75, 3.05) is 31.3 Å². The zero-order chi connectivity index (χ0) is 25.4. The van der Waals surface area contributed by atoms with E-state index >= 15 is 0 Å². The second kappa shape index (κ2) is 11.5. The first-order chi connectivity index (χ1) is 16.3. The van der Waals surface area contributed by atoms with Crippen molar-refractivity contribution in [1.82, 2.24) is 4.90 Å². The summed E-state index contributed by atoms with van der Waals surface area (Å²) >= 11 is 0. The van der Waals surface area contributed by atoms with Gasteiger partial charge in [-0.1, -0.05) is 25.1 Å². The number of carbonyl (C=O) groups is 1. The zero-order valence-electron chi connectivity index (χ0n) is 19.6. The van der Waals surface area contributed by atoms with E-state index in [1.165, 1.54) is 17.0 Å². The van der Waals surface area contributed by atoms with Crippen LogP contribution in [0.1, 0.15) is 42.2 Å². The normalized spacial score (nSPS) is 11.1. The molecule has 0 aliphatic rings. The van der Waals surface area contributed by atoms with E-state index in [1.54, 1.807) is 20.2 Å². The maximum Gasteiger partial charge on any atom is 0.257 e. The zero-order valence-corrected chi connectivity index (χ0v) is 19.6. The molecule has 9 heteroatoms. The summed E-state index contributed by atoms with van der Waals surface area (Å²) in [6, 6.07) is 11.9. The van der Waals surface area contributed by atoms with Crippen molar-refractivity contribution in [3.63, 3.8) is 0 Å². The maximum atomic E-state index is 12.3. The number of aromatic hydroxyl groups is 1. The molecule has 3 rings (SSSR count). The topological polar surface area (TPSA) is 132 Å². The van der Waals surface area contributed by atoms with Crippen LogP contribution in [0.25, 0.3) is 0 Å². The van der Waals surface area contributed by atoms with Crippen LogP contribution in [0.4, 0.5) is 17.1 Å². The number of ether oxygens (including phenoxy) is 1. The van der Waals surface area contributed by atoms with Gasteiger partial charge in [0.2, 0.25) is 0 Å². The lowest BCUT2D eigenvalue weighted by Crippen LogP contribution is -2.37. The van der Waals surface area contributed by atoms with Gasteiger partial charge in [-0.3, -0.25) is 14.4 Å². The van der Waals surface area contributed by atoms with Gasteiger partial charge in [-0.25, -0.2) is 5.26 Å². The fraction of sp³-hybridized carbons (Fsp3) is 0.280. The van der Waals surface area contributed by atoms with Crippen LogP contribution in [-0.2, 0) is 0 Å². The molecule has 0 aromatic heterocycles. The molecule has 3 aromatic rings. The molecule has 0 fully saturated rings. The molecule has 178 valence electrons. The molecule has 0 heterocycles. The van der Waals surface area contributed by atoms with Crippen LogP contribution >= 0.6 is 0 Å². The average molecular weight is 465 g/mol. The molecular weight excluding hydrogens is 436 g/mol. The van der Waals surface area contributed by atoms with Crippen LogP contribution in [0.5, 0.6) is 11.5 Å². The van der Waals surface area contributed by atoms with E-state index in [2.05, 4.69) is 17.2 Å². The number of nitrogens with zero attached hydrogens (tertiary/aromatic N) is 2. The van der Waals surface area contributed by atoms with Gasteiger partial charge in [-0.05, 0) is 43.2 Å². The van der Waals surface area contributed by atoms with Crippen molar-refractivity contribution < 1.29 is 14.6 Å². The van der Waals surface area contributed by atoms with Crippen molar-refractivity contribution in [3.05, 3.63) is 74.0 Å². The quantitative estimate of drug-likeness (QED) is 0.324. The molecule has 3 N–H and O–H groups in total. The smallest absolute Gasteiger partial charge is 0.257 e. The number of phenolic OH excluding ortho intramolecular Hbond substituents is 1. The number of hydrogen-bond donors (Lipinski definition) is 3. The summed E-state index contributed by atoms with van der Waals surface area (Å²) in [6.07, 6.45) is 0.659. The van der Waals surface area contributed by atoms with E-state index in [0.29, 0.717) is 13.0 Å².